The number of carbonyl (C=O) groups is 2. The summed E-state index contributed by atoms with van der Waals surface area (Å²) in [5.41, 5.74) is 2.80. The molecule has 110 valence electrons. The zero-order valence-electron chi connectivity index (χ0n) is 12.5. The van der Waals surface area contributed by atoms with Gasteiger partial charge in [-0.1, -0.05) is 19.1 Å². The van der Waals surface area contributed by atoms with Crippen molar-refractivity contribution in [2.24, 2.45) is 0 Å². The van der Waals surface area contributed by atoms with Crippen LogP contribution in [0, 0.1) is 13.8 Å². The van der Waals surface area contributed by atoms with Crippen LogP contribution < -0.4 is 16.0 Å². The van der Waals surface area contributed by atoms with Crippen LogP contribution in [0.2, 0.25) is 0 Å². The van der Waals surface area contributed by atoms with Crippen molar-refractivity contribution < 1.29 is 9.59 Å². The molecule has 0 heterocycles. The van der Waals surface area contributed by atoms with E-state index in [1.807, 2.05) is 39.0 Å². The number of hydrogen-bond acceptors (Lipinski definition) is 2. The molecule has 0 fully saturated rings. The molecule has 1 aromatic carbocycles. The van der Waals surface area contributed by atoms with Crippen molar-refractivity contribution in [1.82, 2.24) is 10.6 Å². The summed E-state index contributed by atoms with van der Waals surface area (Å²) in [5.74, 6) is -0.178. The Morgan fingerprint density at radius 2 is 1.95 bits per heavy atom. The lowest BCUT2D eigenvalue weighted by Crippen LogP contribution is -2.46. The van der Waals surface area contributed by atoms with Crippen LogP contribution in [0.4, 0.5) is 10.5 Å². The predicted molar refractivity (Wildman–Crippen MR) is 80.8 cm³/mol. The average molecular weight is 277 g/mol. The molecular weight excluding hydrogens is 254 g/mol. The number of aryl methyl sites for hydroxylation is 2. The lowest BCUT2D eigenvalue weighted by atomic mass is 10.1. The smallest absolute Gasteiger partial charge is 0.319 e. The Morgan fingerprint density at radius 1 is 1.25 bits per heavy atom. The lowest BCUT2D eigenvalue weighted by molar-refractivity contribution is -0.122. The number of urea groups is 1. The van der Waals surface area contributed by atoms with Crippen LogP contribution in [0.3, 0.4) is 0 Å². The second kappa shape index (κ2) is 7.53. The highest BCUT2D eigenvalue weighted by Crippen LogP contribution is 2.15. The van der Waals surface area contributed by atoms with Gasteiger partial charge in [0.25, 0.3) is 0 Å². The third-order valence-electron chi connectivity index (χ3n) is 2.93. The van der Waals surface area contributed by atoms with Gasteiger partial charge in [-0.25, -0.2) is 4.79 Å². The molecule has 0 saturated carbocycles. The van der Waals surface area contributed by atoms with Crippen molar-refractivity contribution in [3.8, 4) is 0 Å². The highest BCUT2D eigenvalue weighted by molar-refractivity contribution is 5.94. The fourth-order valence-corrected chi connectivity index (χ4v) is 1.69. The van der Waals surface area contributed by atoms with Crippen molar-refractivity contribution in [2.45, 2.75) is 40.2 Å². The second-order valence-corrected chi connectivity index (χ2v) is 4.93. The van der Waals surface area contributed by atoms with Gasteiger partial charge < -0.3 is 16.0 Å². The molecule has 3 N–H and O–H groups in total. The molecular formula is C15H23N3O2. The molecule has 0 aliphatic heterocycles. The van der Waals surface area contributed by atoms with Gasteiger partial charge in [0, 0.05) is 12.2 Å². The Morgan fingerprint density at radius 3 is 2.60 bits per heavy atom. The molecule has 0 saturated heterocycles. The number of nitrogens with one attached hydrogen (secondary N) is 3. The van der Waals surface area contributed by atoms with Crippen LogP contribution in [0.25, 0.3) is 0 Å². The van der Waals surface area contributed by atoms with E-state index >= 15 is 0 Å². The van der Waals surface area contributed by atoms with Gasteiger partial charge in [-0.2, -0.15) is 0 Å². The minimum Gasteiger partial charge on any atom is -0.354 e. The van der Waals surface area contributed by atoms with E-state index < -0.39 is 6.04 Å². The Kier molecular flexibility index (Phi) is 6.03. The molecule has 0 bridgehead atoms. The highest BCUT2D eigenvalue weighted by atomic mass is 16.2. The maximum atomic E-state index is 11.9. The number of amides is 3. The lowest BCUT2D eigenvalue weighted by Gasteiger charge is -2.15. The summed E-state index contributed by atoms with van der Waals surface area (Å²) in [7, 11) is 0. The Labute approximate surface area is 120 Å². The fourth-order valence-electron chi connectivity index (χ4n) is 1.69. The van der Waals surface area contributed by atoms with Gasteiger partial charge in [0.15, 0.2) is 0 Å². The van der Waals surface area contributed by atoms with E-state index in [0.717, 1.165) is 23.2 Å². The molecule has 0 aliphatic carbocycles. The topological polar surface area (TPSA) is 70.2 Å². The SMILES string of the molecule is CCCNC(=O)[C@@H](C)NC(=O)Nc1cc(C)ccc1C. The van der Waals surface area contributed by atoms with Gasteiger partial charge in [0.2, 0.25) is 5.91 Å². The van der Waals surface area contributed by atoms with Gasteiger partial charge in [-0.05, 0) is 44.4 Å². The zero-order chi connectivity index (χ0) is 15.1. The summed E-state index contributed by atoms with van der Waals surface area (Å²) >= 11 is 0. The first-order valence-electron chi connectivity index (χ1n) is 6.86. The molecule has 0 spiro atoms. The first-order chi connectivity index (χ1) is 9.43. The Bertz CT molecular complexity index is 486. The molecule has 0 aliphatic rings. The van der Waals surface area contributed by atoms with E-state index in [1.54, 1.807) is 6.92 Å². The molecule has 1 aromatic rings. The maximum absolute atomic E-state index is 11.9. The first kappa shape index (κ1) is 16.0. The van der Waals surface area contributed by atoms with E-state index in [2.05, 4.69) is 16.0 Å². The monoisotopic (exact) mass is 277 g/mol. The minimum atomic E-state index is -0.563. The number of benzene rings is 1. The number of rotatable bonds is 5. The molecule has 1 atom stereocenters. The molecule has 20 heavy (non-hydrogen) atoms. The summed E-state index contributed by atoms with van der Waals surface area (Å²) in [6.07, 6.45) is 0.868. The van der Waals surface area contributed by atoms with Crippen LogP contribution in [0.5, 0.6) is 0 Å². The van der Waals surface area contributed by atoms with Crippen LogP contribution in [-0.2, 0) is 4.79 Å². The molecule has 5 heteroatoms. The number of anilines is 1. The van der Waals surface area contributed by atoms with Crippen molar-refractivity contribution >= 4 is 17.6 Å². The number of carbonyl (C=O) groups excluding carboxylic acids is 2. The van der Waals surface area contributed by atoms with Crippen LogP contribution in [0.15, 0.2) is 18.2 Å². The maximum Gasteiger partial charge on any atom is 0.319 e. The van der Waals surface area contributed by atoms with Crippen LogP contribution in [0.1, 0.15) is 31.4 Å². The summed E-state index contributed by atoms with van der Waals surface area (Å²) in [6.45, 7) is 8.14. The predicted octanol–water partition coefficient (Wildman–Crippen LogP) is 2.34. The summed E-state index contributed by atoms with van der Waals surface area (Å²) in [6, 6.07) is 4.89. The molecule has 3 amide bonds. The average Bonchev–Trinajstić information content (AvgIpc) is 2.40. The van der Waals surface area contributed by atoms with Crippen molar-refractivity contribution in [3.05, 3.63) is 29.3 Å². The number of hydrogen-bond donors (Lipinski definition) is 3. The molecule has 1 rings (SSSR count). The Hall–Kier alpha value is -2.04. The van der Waals surface area contributed by atoms with E-state index in [-0.39, 0.29) is 11.9 Å². The quantitative estimate of drug-likeness (QED) is 0.773. The molecule has 0 radical (unpaired) electrons. The summed E-state index contributed by atoms with van der Waals surface area (Å²) < 4.78 is 0. The van der Waals surface area contributed by atoms with Crippen molar-refractivity contribution in [2.75, 3.05) is 11.9 Å². The van der Waals surface area contributed by atoms with Gasteiger partial charge >= 0.3 is 6.03 Å². The van der Waals surface area contributed by atoms with Gasteiger partial charge in [0.1, 0.15) is 6.04 Å². The van der Waals surface area contributed by atoms with E-state index in [1.165, 1.54) is 0 Å². The van der Waals surface area contributed by atoms with E-state index in [0.29, 0.717) is 6.54 Å². The zero-order valence-corrected chi connectivity index (χ0v) is 12.5. The standard InChI is InChI=1S/C15H23N3O2/c1-5-8-16-14(19)12(4)17-15(20)18-13-9-10(2)6-7-11(13)3/h6-7,9,12H,5,8H2,1-4H3,(H,16,19)(H2,17,18,20)/t12-/m1/s1. The fraction of sp³-hybridized carbons (Fsp3) is 0.467. The van der Waals surface area contributed by atoms with Gasteiger partial charge in [0.05, 0.1) is 0 Å². The summed E-state index contributed by atoms with van der Waals surface area (Å²) in [5, 5.41) is 8.12. The molecule has 0 unspecified atom stereocenters. The second-order valence-electron chi connectivity index (χ2n) is 4.93. The van der Waals surface area contributed by atoms with Crippen LogP contribution in [-0.4, -0.2) is 24.5 Å². The van der Waals surface area contributed by atoms with E-state index in [9.17, 15) is 9.59 Å². The first-order valence-corrected chi connectivity index (χ1v) is 6.86. The van der Waals surface area contributed by atoms with E-state index in [4.69, 9.17) is 0 Å². The largest absolute Gasteiger partial charge is 0.354 e. The molecule has 5 nitrogen and oxygen atoms in total. The third kappa shape index (κ3) is 4.91. The van der Waals surface area contributed by atoms with Crippen LogP contribution >= 0.6 is 0 Å². The molecule has 0 aromatic heterocycles. The highest BCUT2D eigenvalue weighted by Gasteiger charge is 2.15. The summed E-state index contributed by atoms with van der Waals surface area (Å²) in [4.78, 5) is 23.5. The normalized spacial score (nSPS) is 11.6. The van der Waals surface area contributed by atoms with Crippen molar-refractivity contribution in [1.29, 1.82) is 0 Å². The third-order valence-corrected chi connectivity index (χ3v) is 2.93. The van der Waals surface area contributed by atoms with Crippen molar-refractivity contribution in [3.63, 3.8) is 0 Å². The van der Waals surface area contributed by atoms with Gasteiger partial charge in [-0.15, -0.1) is 0 Å². The van der Waals surface area contributed by atoms with Gasteiger partial charge in [-0.3, -0.25) is 4.79 Å². The Balaban J connectivity index is 2.55. The minimum absolute atomic E-state index is 0.178.